The van der Waals surface area contributed by atoms with E-state index in [2.05, 4.69) is 24.5 Å². The number of ether oxygens (including phenoxy) is 1. The molecule has 0 aromatic carbocycles. The van der Waals surface area contributed by atoms with Gasteiger partial charge in [0, 0.05) is 30.7 Å². The lowest BCUT2D eigenvalue weighted by Crippen LogP contribution is -2.66. The van der Waals surface area contributed by atoms with Gasteiger partial charge in [-0.05, 0) is 124 Å². The highest BCUT2D eigenvalue weighted by molar-refractivity contribution is 6.00. The van der Waals surface area contributed by atoms with Crippen molar-refractivity contribution < 1.29 is 45.3 Å². The monoisotopic (exact) mass is 774 g/mol. The molecule has 12 heteroatoms. The predicted octanol–water partition coefficient (Wildman–Crippen LogP) is 2.67. The molecule has 2 aliphatic heterocycles. The number of aliphatic hydroxyl groups is 7. The fraction of sp³-hybridized carbons (Fsp3) is 0.837. The minimum atomic E-state index is -1.70. The van der Waals surface area contributed by atoms with Gasteiger partial charge in [0.15, 0.2) is 5.78 Å². The van der Waals surface area contributed by atoms with Crippen LogP contribution in [0.15, 0.2) is 35.2 Å². The number of nitrogens with one attached hydrogen (secondary N) is 2. The van der Waals surface area contributed by atoms with Crippen LogP contribution in [0.1, 0.15) is 118 Å². The lowest BCUT2D eigenvalue weighted by Gasteiger charge is -2.63. The average molecular weight is 774 g/mol. The van der Waals surface area contributed by atoms with Gasteiger partial charge in [-0.3, -0.25) is 4.79 Å². The lowest BCUT2D eigenvalue weighted by atomic mass is 9.43. The number of allylic oxidation sites excluding steroid dienone is 3. The third-order valence-corrected chi connectivity index (χ3v) is 15.5. The maximum absolute atomic E-state index is 15.0. The minimum absolute atomic E-state index is 0.0211. The Morgan fingerprint density at radius 3 is 2.55 bits per heavy atom. The van der Waals surface area contributed by atoms with Crippen molar-refractivity contribution in [2.45, 2.75) is 165 Å². The lowest BCUT2D eigenvalue weighted by molar-refractivity contribution is -0.204. The molecule has 4 fully saturated rings. The molecule has 12 nitrogen and oxygen atoms in total. The molecule has 11 N–H and O–H groups in total. The molecule has 2 heterocycles. The van der Waals surface area contributed by atoms with Crippen molar-refractivity contribution in [2.24, 2.45) is 46.2 Å². The highest BCUT2D eigenvalue weighted by atomic mass is 16.5. The third-order valence-electron chi connectivity index (χ3n) is 15.5. The molecule has 312 valence electrons. The molecule has 0 amide bonds. The van der Waals surface area contributed by atoms with E-state index in [-0.39, 0.29) is 74.2 Å². The van der Waals surface area contributed by atoms with E-state index >= 15 is 0 Å². The van der Waals surface area contributed by atoms with E-state index in [1.54, 1.807) is 13.8 Å². The average Bonchev–Trinajstić information content (AvgIpc) is 3.67. The topological polar surface area (TPSA) is 218 Å². The number of dihydropyridines is 1. The summed E-state index contributed by atoms with van der Waals surface area (Å²) >= 11 is 0. The normalized spacial score (nSPS) is 42.1. The molecule has 4 aliphatic carbocycles. The van der Waals surface area contributed by atoms with Gasteiger partial charge in [0.1, 0.15) is 6.10 Å². The number of Topliss-reactive ketones (excluding diaryl/α,β-unsaturated/α-hetero) is 1. The molecule has 15 atom stereocenters. The molecular formula is C43H71N3O9. The standard InChI is InChI=1S/C43H71N3O9/c1-5-6-7-8-9-28-24-55-38(26(28)3)39(52)40(4,53)33-14-17-43(54)35-29(13-16-42(33,43)18-19-47)41(15-12-27-10-11-34(44)45-23-27)21-32(50)31(49)20-30(41)37(51)36(35)46-22-25(2)48/h10-11,23,25-26,28-34,38-39,45-50,52-54H,5-9,12-22,24,44H2,1-4H3. The number of rotatable bonds is 16. The van der Waals surface area contributed by atoms with E-state index in [1.807, 2.05) is 18.4 Å². The SMILES string of the molecule is CCCCCCC1COC(C(O)C(C)(O)C2CCC3(O)C4=C(NCC(C)O)C(=O)C5CC(O)C(O)CC5(CCC5=CNC(N)C=C5)C4CCC23CCO)C1C. The molecule has 0 radical (unpaired) electrons. The maximum Gasteiger partial charge on any atom is 0.182 e. The third kappa shape index (κ3) is 7.50. The van der Waals surface area contributed by atoms with Crippen LogP contribution in [0.25, 0.3) is 0 Å². The molecule has 0 aromatic heterocycles. The highest BCUT2D eigenvalue weighted by Crippen LogP contribution is 2.71. The molecule has 3 saturated carbocycles. The molecule has 0 bridgehead atoms. The summed E-state index contributed by atoms with van der Waals surface area (Å²) in [6.45, 7) is 7.87. The summed E-state index contributed by atoms with van der Waals surface area (Å²) in [7, 11) is 0. The largest absolute Gasteiger partial charge is 0.396 e. The summed E-state index contributed by atoms with van der Waals surface area (Å²) in [5, 5.41) is 88.2. The van der Waals surface area contributed by atoms with Crippen LogP contribution < -0.4 is 16.4 Å². The Morgan fingerprint density at radius 2 is 1.87 bits per heavy atom. The van der Waals surface area contributed by atoms with Gasteiger partial charge in [-0.25, -0.2) is 0 Å². The number of hydrogen-bond donors (Lipinski definition) is 10. The second-order valence-corrected chi connectivity index (χ2v) is 18.6. The molecule has 6 aliphatic rings. The fourth-order valence-corrected chi connectivity index (χ4v) is 12.5. The van der Waals surface area contributed by atoms with Gasteiger partial charge in [0.2, 0.25) is 0 Å². The smallest absolute Gasteiger partial charge is 0.182 e. The van der Waals surface area contributed by atoms with Crippen LogP contribution in [0.3, 0.4) is 0 Å². The minimum Gasteiger partial charge on any atom is -0.396 e. The van der Waals surface area contributed by atoms with Crippen LogP contribution in [0, 0.1) is 40.4 Å². The first-order valence-corrected chi connectivity index (χ1v) is 21.4. The van der Waals surface area contributed by atoms with Crippen LogP contribution in [0.4, 0.5) is 0 Å². The number of fused-ring (bicyclic) bond motifs is 5. The zero-order valence-corrected chi connectivity index (χ0v) is 33.6. The van der Waals surface area contributed by atoms with E-state index in [4.69, 9.17) is 10.5 Å². The molecule has 0 spiro atoms. The van der Waals surface area contributed by atoms with Crippen molar-refractivity contribution in [2.75, 3.05) is 19.8 Å². The van der Waals surface area contributed by atoms with Crippen LogP contribution in [-0.2, 0) is 9.53 Å². The van der Waals surface area contributed by atoms with Crippen LogP contribution in [-0.4, -0.2) is 109 Å². The predicted molar refractivity (Wildman–Crippen MR) is 209 cm³/mol. The fourth-order valence-electron chi connectivity index (χ4n) is 12.5. The Labute approximate surface area is 327 Å². The summed E-state index contributed by atoms with van der Waals surface area (Å²) in [5.41, 5.74) is 2.50. The first-order valence-electron chi connectivity index (χ1n) is 21.4. The molecular weight excluding hydrogens is 702 g/mol. The molecule has 6 rings (SSSR count). The summed E-state index contributed by atoms with van der Waals surface area (Å²) in [6, 6.07) is 0. The number of unbranched alkanes of at least 4 members (excludes halogenated alkanes) is 3. The Balaban J connectivity index is 1.39. The number of ketones is 1. The first-order chi connectivity index (χ1) is 26.1. The zero-order chi connectivity index (χ0) is 39.9. The van der Waals surface area contributed by atoms with E-state index in [9.17, 15) is 40.5 Å². The zero-order valence-electron chi connectivity index (χ0n) is 33.6. The molecule has 0 aromatic rings. The van der Waals surface area contributed by atoms with Gasteiger partial charge >= 0.3 is 0 Å². The summed E-state index contributed by atoms with van der Waals surface area (Å²) in [4.78, 5) is 15.0. The summed E-state index contributed by atoms with van der Waals surface area (Å²) < 4.78 is 6.27. The first kappa shape index (κ1) is 42.7. The second-order valence-electron chi connectivity index (χ2n) is 18.6. The van der Waals surface area contributed by atoms with Crippen molar-refractivity contribution in [3.63, 3.8) is 0 Å². The Kier molecular flexibility index (Phi) is 13.0. The van der Waals surface area contributed by atoms with Gasteiger partial charge in [-0.15, -0.1) is 0 Å². The molecule has 15 unspecified atom stereocenters. The molecule has 1 saturated heterocycles. The highest BCUT2D eigenvalue weighted by Gasteiger charge is 2.72. The van der Waals surface area contributed by atoms with E-state index in [0.717, 1.165) is 31.3 Å². The number of carbonyl (C=O) groups excluding carboxylic acids is 1. The van der Waals surface area contributed by atoms with E-state index in [0.29, 0.717) is 44.3 Å². The molecule has 55 heavy (non-hydrogen) atoms. The van der Waals surface area contributed by atoms with Crippen LogP contribution in [0.2, 0.25) is 0 Å². The van der Waals surface area contributed by atoms with Gasteiger partial charge in [-0.1, -0.05) is 45.6 Å². The van der Waals surface area contributed by atoms with Gasteiger partial charge in [0.05, 0.1) is 54.1 Å². The Hall–Kier alpha value is -1.87. The van der Waals surface area contributed by atoms with E-state index < -0.39 is 64.4 Å². The second kappa shape index (κ2) is 16.8. The Morgan fingerprint density at radius 1 is 1.11 bits per heavy atom. The van der Waals surface area contributed by atoms with Gasteiger partial charge in [0.25, 0.3) is 0 Å². The quantitative estimate of drug-likeness (QED) is 0.103. The Bertz CT molecular complexity index is 1470. The summed E-state index contributed by atoms with van der Waals surface area (Å²) in [5.74, 6) is -1.63. The number of carbonyl (C=O) groups is 1. The number of aliphatic hydroxyl groups excluding tert-OH is 5. The van der Waals surface area contributed by atoms with E-state index in [1.165, 1.54) is 6.42 Å². The van der Waals surface area contributed by atoms with Crippen molar-refractivity contribution in [3.05, 3.63) is 35.2 Å². The van der Waals surface area contributed by atoms with Crippen LogP contribution >= 0.6 is 0 Å². The number of hydrogen-bond acceptors (Lipinski definition) is 12. The number of nitrogens with two attached hydrogens (primary N) is 1. The van der Waals surface area contributed by atoms with Crippen LogP contribution in [0.5, 0.6) is 0 Å². The van der Waals surface area contributed by atoms with Crippen molar-refractivity contribution in [1.82, 2.24) is 10.6 Å². The summed E-state index contributed by atoms with van der Waals surface area (Å²) in [6.07, 6.45) is 9.17. The van der Waals surface area contributed by atoms with Crippen molar-refractivity contribution in [3.8, 4) is 0 Å². The van der Waals surface area contributed by atoms with Crippen molar-refractivity contribution in [1.29, 1.82) is 0 Å². The maximum atomic E-state index is 15.0. The van der Waals surface area contributed by atoms with Crippen molar-refractivity contribution >= 4 is 5.78 Å². The van der Waals surface area contributed by atoms with Gasteiger partial charge < -0.3 is 56.8 Å². The van der Waals surface area contributed by atoms with Gasteiger partial charge in [-0.2, -0.15) is 0 Å².